The average molecular weight is 286 g/mol. The van der Waals surface area contributed by atoms with Crippen LogP contribution in [0.5, 0.6) is 5.75 Å². The number of aromatic nitrogens is 1. The van der Waals surface area contributed by atoms with Crippen molar-refractivity contribution in [3.05, 3.63) is 53.2 Å². The highest BCUT2D eigenvalue weighted by atomic mass is 19.2. The third-order valence-electron chi connectivity index (χ3n) is 2.54. The SMILES string of the molecule is CNc1ccc(COc2c(F)c(F)cc(F)c2F)cn1. The maximum atomic E-state index is 13.3. The maximum absolute atomic E-state index is 13.3. The van der Waals surface area contributed by atoms with Gasteiger partial charge in [-0.2, -0.15) is 8.78 Å². The van der Waals surface area contributed by atoms with Crippen molar-refractivity contribution >= 4 is 5.82 Å². The highest BCUT2D eigenvalue weighted by molar-refractivity contribution is 5.34. The second-order valence-corrected chi connectivity index (χ2v) is 3.89. The molecule has 3 nitrogen and oxygen atoms in total. The first-order valence-corrected chi connectivity index (χ1v) is 5.61. The van der Waals surface area contributed by atoms with Crippen molar-refractivity contribution in [1.82, 2.24) is 4.98 Å². The van der Waals surface area contributed by atoms with E-state index in [2.05, 4.69) is 10.3 Å². The molecule has 0 unspecified atom stereocenters. The van der Waals surface area contributed by atoms with Crippen LogP contribution in [0.25, 0.3) is 0 Å². The monoisotopic (exact) mass is 286 g/mol. The molecule has 0 fully saturated rings. The van der Waals surface area contributed by atoms with E-state index < -0.39 is 29.0 Å². The van der Waals surface area contributed by atoms with E-state index in [9.17, 15) is 17.6 Å². The van der Waals surface area contributed by atoms with E-state index in [1.54, 1.807) is 19.2 Å². The molecule has 2 aromatic rings. The van der Waals surface area contributed by atoms with Crippen LogP contribution in [-0.4, -0.2) is 12.0 Å². The molecule has 20 heavy (non-hydrogen) atoms. The smallest absolute Gasteiger partial charge is 0.203 e. The summed E-state index contributed by atoms with van der Waals surface area (Å²) < 4.78 is 57.4. The Kier molecular flexibility index (Phi) is 4.07. The quantitative estimate of drug-likeness (QED) is 0.692. The third kappa shape index (κ3) is 2.81. The fourth-order valence-electron chi connectivity index (χ4n) is 1.49. The highest BCUT2D eigenvalue weighted by Gasteiger charge is 2.20. The molecule has 0 aliphatic rings. The summed E-state index contributed by atoms with van der Waals surface area (Å²) in [5, 5.41) is 2.79. The summed E-state index contributed by atoms with van der Waals surface area (Å²) >= 11 is 0. The van der Waals surface area contributed by atoms with Gasteiger partial charge in [-0.3, -0.25) is 0 Å². The Morgan fingerprint density at radius 1 is 1.10 bits per heavy atom. The van der Waals surface area contributed by atoms with Crippen molar-refractivity contribution in [2.75, 3.05) is 12.4 Å². The van der Waals surface area contributed by atoms with E-state index in [0.29, 0.717) is 11.4 Å². The van der Waals surface area contributed by atoms with Gasteiger partial charge >= 0.3 is 0 Å². The molecular weight excluding hydrogens is 276 g/mol. The van der Waals surface area contributed by atoms with Gasteiger partial charge in [0.05, 0.1) is 0 Å². The van der Waals surface area contributed by atoms with Crippen molar-refractivity contribution < 1.29 is 22.3 Å². The topological polar surface area (TPSA) is 34.1 Å². The Labute approximate surface area is 112 Å². The van der Waals surface area contributed by atoms with E-state index in [-0.39, 0.29) is 12.7 Å². The van der Waals surface area contributed by atoms with Gasteiger partial charge < -0.3 is 10.1 Å². The zero-order valence-corrected chi connectivity index (χ0v) is 10.4. The van der Waals surface area contributed by atoms with Crippen LogP contribution in [-0.2, 0) is 6.61 Å². The van der Waals surface area contributed by atoms with Crippen molar-refractivity contribution in [3.63, 3.8) is 0 Å². The summed E-state index contributed by atoms with van der Waals surface area (Å²) in [4.78, 5) is 3.96. The number of nitrogens with zero attached hydrogens (tertiary/aromatic N) is 1. The predicted molar refractivity (Wildman–Crippen MR) is 64.4 cm³/mol. The van der Waals surface area contributed by atoms with Gasteiger partial charge in [0.25, 0.3) is 0 Å². The molecule has 2 rings (SSSR count). The number of ether oxygens (including phenoxy) is 1. The zero-order chi connectivity index (χ0) is 14.7. The van der Waals surface area contributed by atoms with Gasteiger partial charge in [-0.05, 0) is 6.07 Å². The second-order valence-electron chi connectivity index (χ2n) is 3.89. The molecule has 0 saturated heterocycles. The summed E-state index contributed by atoms with van der Waals surface area (Å²) in [6, 6.07) is 3.35. The molecule has 0 aliphatic heterocycles. The number of anilines is 1. The first-order chi connectivity index (χ1) is 9.52. The number of nitrogens with one attached hydrogen (secondary N) is 1. The van der Waals surface area contributed by atoms with Crippen LogP contribution in [0, 0.1) is 23.3 Å². The summed E-state index contributed by atoms with van der Waals surface area (Å²) in [5.74, 6) is -6.64. The van der Waals surface area contributed by atoms with Crippen LogP contribution < -0.4 is 10.1 Å². The lowest BCUT2D eigenvalue weighted by Gasteiger charge is -2.09. The number of rotatable bonds is 4. The minimum absolute atomic E-state index is 0.126. The first kappa shape index (κ1) is 14.1. The van der Waals surface area contributed by atoms with E-state index in [0.717, 1.165) is 0 Å². The molecule has 0 saturated carbocycles. The van der Waals surface area contributed by atoms with Crippen LogP contribution in [0.3, 0.4) is 0 Å². The van der Waals surface area contributed by atoms with Crippen LogP contribution in [0.2, 0.25) is 0 Å². The van der Waals surface area contributed by atoms with Gasteiger partial charge in [-0.25, -0.2) is 13.8 Å². The van der Waals surface area contributed by atoms with Gasteiger partial charge in [0.15, 0.2) is 17.4 Å². The number of benzene rings is 1. The Bertz CT molecular complexity index is 591. The minimum Gasteiger partial charge on any atom is -0.483 e. The first-order valence-electron chi connectivity index (χ1n) is 5.61. The molecule has 0 aliphatic carbocycles. The van der Waals surface area contributed by atoms with Gasteiger partial charge in [0.1, 0.15) is 12.4 Å². The molecule has 0 atom stereocenters. The van der Waals surface area contributed by atoms with Crippen molar-refractivity contribution in [2.24, 2.45) is 0 Å². The largest absolute Gasteiger partial charge is 0.483 e. The number of hydrogen-bond acceptors (Lipinski definition) is 3. The van der Waals surface area contributed by atoms with E-state index >= 15 is 0 Å². The number of halogens is 4. The molecule has 1 aromatic heterocycles. The molecule has 0 spiro atoms. The highest BCUT2D eigenvalue weighted by Crippen LogP contribution is 2.27. The van der Waals surface area contributed by atoms with Crippen LogP contribution in [0.1, 0.15) is 5.56 Å². The van der Waals surface area contributed by atoms with Crippen molar-refractivity contribution in [3.8, 4) is 5.75 Å². The molecule has 1 heterocycles. The Hall–Kier alpha value is -2.31. The zero-order valence-electron chi connectivity index (χ0n) is 10.4. The molecule has 1 N–H and O–H groups in total. The molecule has 106 valence electrons. The molecule has 1 aromatic carbocycles. The van der Waals surface area contributed by atoms with Gasteiger partial charge in [-0.15, -0.1) is 0 Å². The summed E-state index contributed by atoms with van der Waals surface area (Å²) in [5.41, 5.74) is 0.493. The standard InChI is InChI=1S/C13H10F4N2O/c1-18-10-3-2-7(5-19-10)6-20-13-11(16)8(14)4-9(15)12(13)17/h2-5H,6H2,1H3,(H,18,19). The predicted octanol–water partition coefficient (Wildman–Crippen LogP) is 3.26. The summed E-state index contributed by atoms with van der Waals surface area (Å²) in [6.07, 6.45) is 1.41. The van der Waals surface area contributed by atoms with Crippen LogP contribution in [0.15, 0.2) is 24.4 Å². The normalized spacial score (nSPS) is 10.4. The van der Waals surface area contributed by atoms with Crippen molar-refractivity contribution in [2.45, 2.75) is 6.61 Å². The fourth-order valence-corrected chi connectivity index (χ4v) is 1.49. The molecule has 0 amide bonds. The summed E-state index contributed by atoms with van der Waals surface area (Å²) in [6.45, 7) is -0.270. The van der Waals surface area contributed by atoms with E-state index in [4.69, 9.17) is 4.74 Å². The maximum Gasteiger partial charge on any atom is 0.203 e. The Morgan fingerprint density at radius 2 is 1.75 bits per heavy atom. The molecule has 0 radical (unpaired) electrons. The fraction of sp³-hybridized carbons (Fsp3) is 0.154. The lowest BCUT2D eigenvalue weighted by Crippen LogP contribution is -2.04. The third-order valence-corrected chi connectivity index (χ3v) is 2.54. The van der Waals surface area contributed by atoms with Gasteiger partial charge in [0.2, 0.25) is 11.6 Å². The number of pyridine rings is 1. The molecule has 0 bridgehead atoms. The minimum atomic E-state index is -1.57. The molecule has 7 heteroatoms. The van der Waals surface area contributed by atoms with E-state index in [1.807, 2.05) is 0 Å². The second kappa shape index (κ2) is 5.77. The average Bonchev–Trinajstić information content (AvgIpc) is 2.46. The number of hydrogen-bond donors (Lipinski definition) is 1. The lowest BCUT2D eigenvalue weighted by molar-refractivity contribution is 0.261. The molecular formula is C13H10F4N2O. The summed E-state index contributed by atoms with van der Waals surface area (Å²) in [7, 11) is 1.68. The van der Waals surface area contributed by atoms with Crippen molar-refractivity contribution in [1.29, 1.82) is 0 Å². The Morgan fingerprint density at radius 3 is 2.25 bits per heavy atom. The van der Waals surface area contributed by atoms with Crippen LogP contribution >= 0.6 is 0 Å². The van der Waals surface area contributed by atoms with Crippen LogP contribution in [0.4, 0.5) is 23.4 Å². The van der Waals surface area contributed by atoms with E-state index in [1.165, 1.54) is 6.20 Å². The Balaban J connectivity index is 2.18. The van der Waals surface area contributed by atoms with Gasteiger partial charge in [-0.1, -0.05) is 6.07 Å². The van der Waals surface area contributed by atoms with Gasteiger partial charge in [0, 0.05) is 24.9 Å². The lowest BCUT2D eigenvalue weighted by atomic mass is 10.2.